The van der Waals surface area contributed by atoms with E-state index in [0.29, 0.717) is 5.70 Å². The molecule has 0 aliphatic carbocycles. The topological polar surface area (TPSA) is 45.1 Å². The van der Waals surface area contributed by atoms with E-state index >= 15 is 0 Å². The maximum Gasteiger partial charge on any atom is 0.0880 e. The minimum atomic E-state index is 0.651. The predicted molar refractivity (Wildman–Crippen MR) is 47.4 cm³/mol. The summed E-state index contributed by atoms with van der Waals surface area (Å²) in [6, 6.07) is 5.55. The molecule has 0 saturated heterocycles. The lowest BCUT2D eigenvalue weighted by atomic mass is 10.2. The Morgan fingerprint density at radius 1 is 1.67 bits per heavy atom. The number of aromatic nitrogens is 1. The standard InChI is InChI=1S/C9H12N2O/c1-2-5-9(11-12)8-6-3-4-7-10-8/h3-7,11-12H,2H2,1H3/b9-5+. The van der Waals surface area contributed by atoms with Crippen molar-refractivity contribution >= 4 is 5.70 Å². The van der Waals surface area contributed by atoms with Gasteiger partial charge >= 0.3 is 0 Å². The second kappa shape index (κ2) is 4.51. The van der Waals surface area contributed by atoms with Gasteiger partial charge in [-0.15, -0.1) is 0 Å². The van der Waals surface area contributed by atoms with Gasteiger partial charge in [-0.25, -0.2) is 0 Å². The average Bonchev–Trinajstić information content (AvgIpc) is 2.15. The van der Waals surface area contributed by atoms with Crippen LogP contribution in [0.2, 0.25) is 0 Å². The zero-order valence-electron chi connectivity index (χ0n) is 6.99. The van der Waals surface area contributed by atoms with Crippen molar-refractivity contribution in [3.8, 4) is 0 Å². The normalized spacial score (nSPS) is 11.3. The molecule has 0 atom stereocenters. The molecule has 1 aromatic rings. The van der Waals surface area contributed by atoms with Gasteiger partial charge in [-0.2, -0.15) is 0 Å². The third-order valence-corrected chi connectivity index (χ3v) is 1.47. The molecule has 2 N–H and O–H groups in total. The van der Waals surface area contributed by atoms with Crippen molar-refractivity contribution in [1.82, 2.24) is 10.5 Å². The summed E-state index contributed by atoms with van der Waals surface area (Å²) in [4.78, 5) is 4.08. The highest BCUT2D eigenvalue weighted by molar-refractivity contribution is 5.59. The van der Waals surface area contributed by atoms with Crippen LogP contribution in [0, 0.1) is 0 Å². The molecule has 12 heavy (non-hydrogen) atoms. The highest BCUT2D eigenvalue weighted by atomic mass is 16.5. The van der Waals surface area contributed by atoms with Crippen LogP contribution in [-0.2, 0) is 0 Å². The fourth-order valence-electron chi connectivity index (χ4n) is 0.934. The predicted octanol–water partition coefficient (Wildman–Crippen LogP) is 1.81. The maximum absolute atomic E-state index is 8.75. The first-order valence-electron chi connectivity index (χ1n) is 3.90. The Hall–Kier alpha value is -1.35. The van der Waals surface area contributed by atoms with Crippen LogP contribution in [0.25, 0.3) is 5.70 Å². The molecule has 0 amide bonds. The van der Waals surface area contributed by atoms with Crippen molar-refractivity contribution in [3.63, 3.8) is 0 Å². The molecular formula is C9H12N2O. The summed E-state index contributed by atoms with van der Waals surface area (Å²) in [5.74, 6) is 0. The van der Waals surface area contributed by atoms with E-state index in [0.717, 1.165) is 12.1 Å². The summed E-state index contributed by atoms with van der Waals surface area (Å²) >= 11 is 0. The second-order valence-electron chi connectivity index (χ2n) is 2.35. The van der Waals surface area contributed by atoms with E-state index in [-0.39, 0.29) is 0 Å². The molecule has 0 unspecified atom stereocenters. The SMILES string of the molecule is CC/C=C(/NO)c1ccccn1. The molecule has 0 spiro atoms. The van der Waals surface area contributed by atoms with Crippen molar-refractivity contribution in [3.05, 3.63) is 36.2 Å². The van der Waals surface area contributed by atoms with Gasteiger partial charge in [-0.05, 0) is 18.6 Å². The van der Waals surface area contributed by atoms with Crippen LogP contribution >= 0.6 is 0 Å². The molecule has 1 heterocycles. The largest absolute Gasteiger partial charge is 0.291 e. The fourth-order valence-corrected chi connectivity index (χ4v) is 0.934. The Morgan fingerprint density at radius 2 is 2.50 bits per heavy atom. The van der Waals surface area contributed by atoms with E-state index in [4.69, 9.17) is 5.21 Å². The van der Waals surface area contributed by atoms with Crippen LogP contribution in [-0.4, -0.2) is 10.2 Å². The first-order valence-corrected chi connectivity index (χ1v) is 3.90. The van der Waals surface area contributed by atoms with E-state index in [1.165, 1.54) is 0 Å². The molecule has 0 aliphatic heterocycles. The quantitative estimate of drug-likeness (QED) is 0.670. The molecule has 3 nitrogen and oxygen atoms in total. The van der Waals surface area contributed by atoms with Crippen molar-refractivity contribution in [2.24, 2.45) is 0 Å². The third-order valence-electron chi connectivity index (χ3n) is 1.47. The van der Waals surface area contributed by atoms with Crippen LogP contribution in [0.4, 0.5) is 0 Å². The molecule has 0 bridgehead atoms. The highest BCUT2D eigenvalue weighted by Gasteiger charge is 1.97. The van der Waals surface area contributed by atoms with E-state index in [9.17, 15) is 0 Å². The van der Waals surface area contributed by atoms with Gasteiger partial charge in [0.15, 0.2) is 0 Å². The van der Waals surface area contributed by atoms with Gasteiger partial charge < -0.3 is 0 Å². The molecule has 0 saturated carbocycles. The average molecular weight is 164 g/mol. The van der Waals surface area contributed by atoms with Gasteiger partial charge in [0.2, 0.25) is 0 Å². The Bertz CT molecular complexity index is 256. The summed E-state index contributed by atoms with van der Waals surface area (Å²) < 4.78 is 0. The van der Waals surface area contributed by atoms with Crippen molar-refractivity contribution in [2.75, 3.05) is 0 Å². The fraction of sp³-hybridized carbons (Fsp3) is 0.222. The summed E-state index contributed by atoms with van der Waals surface area (Å²) in [6.07, 6.45) is 4.43. The lowest BCUT2D eigenvalue weighted by Crippen LogP contribution is -2.06. The van der Waals surface area contributed by atoms with E-state index in [2.05, 4.69) is 10.5 Å². The molecule has 0 fully saturated rings. The summed E-state index contributed by atoms with van der Waals surface area (Å²) in [7, 11) is 0. The third kappa shape index (κ3) is 2.07. The molecule has 0 aliphatic rings. The van der Waals surface area contributed by atoms with E-state index in [1.807, 2.05) is 31.2 Å². The molecule has 0 radical (unpaired) electrons. The lowest BCUT2D eigenvalue weighted by molar-refractivity contribution is 0.224. The summed E-state index contributed by atoms with van der Waals surface area (Å²) in [5.41, 5.74) is 3.52. The van der Waals surface area contributed by atoms with Crippen molar-refractivity contribution < 1.29 is 5.21 Å². The molecule has 1 aromatic heterocycles. The number of hydrogen-bond acceptors (Lipinski definition) is 3. The number of nitrogens with zero attached hydrogens (tertiary/aromatic N) is 1. The second-order valence-corrected chi connectivity index (χ2v) is 2.35. The van der Waals surface area contributed by atoms with Gasteiger partial charge in [0.1, 0.15) is 0 Å². The number of allylic oxidation sites excluding steroid dienone is 1. The van der Waals surface area contributed by atoms with Gasteiger partial charge in [0.25, 0.3) is 0 Å². The van der Waals surface area contributed by atoms with Crippen LogP contribution in [0.3, 0.4) is 0 Å². The van der Waals surface area contributed by atoms with Gasteiger partial charge in [0, 0.05) is 6.20 Å². The van der Waals surface area contributed by atoms with Gasteiger partial charge in [0.05, 0.1) is 11.4 Å². The maximum atomic E-state index is 8.75. The monoisotopic (exact) mass is 164 g/mol. The number of hydroxylamine groups is 1. The highest BCUT2D eigenvalue weighted by Crippen LogP contribution is 2.06. The summed E-state index contributed by atoms with van der Waals surface area (Å²) in [5, 5.41) is 8.75. The minimum absolute atomic E-state index is 0.651. The Labute approximate surface area is 71.7 Å². The van der Waals surface area contributed by atoms with Gasteiger partial charge in [-0.3, -0.25) is 15.7 Å². The van der Waals surface area contributed by atoms with Crippen LogP contribution in [0.15, 0.2) is 30.5 Å². The number of pyridine rings is 1. The first-order chi connectivity index (χ1) is 5.88. The smallest absolute Gasteiger partial charge is 0.0880 e. The number of nitrogens with one attached hydrogen (secondary N) is 1. The van der Waals surface area contributed by atoms with E-state index < -0.39 is 0 Å². The van der Waals surface area contributed by atoms with Crippen LogP contribution < -0.4 is 5.48 Å². The van der Waals surface area contributed by atoms with E-state index in [1.54, 1.807) is 6.20 Å². The Morgan fingerprint density at radius 3 is 3.00 bits per heavy atom. The molecule has 3 heteroatoms. The Kier molecular flexibility index (Phi) is 3.29. The van der Waals surface area contributed by atoms with Crippen LogP contribution in [0.1, 0.15) is 19.0 Å². The number of hydrogen-bond donors (Lipinski definition) is 2. The minimum Gasteiger partial charge on any atom is -0.291 e. The molecular weight excluding hydrogens is 152 g/mol. The molecule has 64 valence electrons. The zero-order valence-corrected chi connectivity index (χ0v) is 6.99. The van der Waals surface area contributed by atoms with Gasteiger partial charge in [-0.1, -0.05) is 19.1 Å². The number of rotatable bonds is 3. The molecule has 0 aromatic carbocycles. The lowest BCUT2D eigenvalue weighted by Gasteiger charge is -2.02. The molecule has 1 rings (SSSR count). The van der Waals surface area contributed by atoms with Crippen LogP contribution in [0.5, 0.6) is 0 Å². The van der Waals surface area contributed by atoms with Crippen molar-refractivity contribution in [1.29, 1.82) is 0 Å². The first kappa shape index (κ1) is 8.74. The Balaban J connectivity index is 2.88. The van der Waals surface area contributed by atoms with Crippen molar-refractivity contribution in [2.45, 2.75) is 13.3 Å². The summed E-state index contributed by atoms with van der Waals surface area (Å²) in [6.45, 7) is 2.00. The zero-order chi connectivity index (χ0) is 8.81.